The second-order valence-electron chi connectivity index (χ2n) is 13.9. The molecule has 3 aromatic carbocycles. The molecule has 2 saturated carbocycles. The minimum atomic E-state index is -0.808. The van der Waals surface area contributed by atoms with Crippen LogP contribution in [0.15, 0.2) is 54.6 Å². The first-order chi connectivity index (χ1) is 21.5. The number of benzene rings is 3. The lowest BCUT2D eigenvalue weighted by Gasteiger charge is -2.38. The Hall–Kier alpha value is -2.55. The van der Waals surface area contributed by atoms with Gasteiger partial charge in [0.05, 0.1) is 0 Å². The molecule has 0 unspecified atom stereocenters. The Morgan fingerprint density at radius 3 is 1.80 bits per heavy atom. The summed E-state index contributed by atoms with van der Waals surface area (Å²) in [6.45, 7) is 4.32. The molecule has 0 aromatic heterocycles. The maximum Gasteiger partial charge on any atom is 0.166 e. The summed E-state index contributed by atoms with van der Waals surface area (Å²) in [5.74, 6) is 1.39. The van der Waals surface area contributed by atoms with E-state index < -0.39 is 11.6 Å². The van der Waals surface area contributed by atoms with Gasteiger partial charge in [0, 0.05) is 11.1 Å². The van der Waals surface area contributed by atoms with E-state index in [2.05, 4.69) is 13.0 Å². The molecule has 0 nitrogen and oxygen atoms in total. The highest BCUT2D eigenvalue weighted by molar-refractivity contribution is 5.71. The van der Waals surface area contributed by atoms with E-state index in [0.717, 1.165) is 54.6 Å². The Kier molecular flexibility index (Phi) is 12.0. The molecule has 0 amide bonds. The maximum absolute atomic E-state index is 15.4. The fourth-order valence-electron chi connectivity index (χ4n) is 8.13. The minimum absolute atomic E-state index is 0.206. The van der Waals surface area contributed by atoms with Gasteiger partial charge in [0.2, 0.25) is 0 Å². The topological polar surface area (TPSA) is 0 Å². The fourth-order valence-corrected chi connectivity index (χ4v) is 8.13. The van der Waals surface area contributed by atoms with Crippen LogP contribution in [-0.4, -0.2) is 0 Å². The normalized spacial score (nSPS) is 22.3. The van der Waals surface area contributed by atoms with Crippen LogP contribution in [0.25, 0.3) is 22.3 Å². The van der Waals surface area contributed by atoms with Crippen LogP contribution in [0.1, 0.15) is 134 Å². The van der Waals surface area contributed by atoms with Gasteiger partial charge in [-0.2, -0.15) is 0 Å². The molecule has 0 saturated heterocycles. The van der Waals surface area contributed by atoms with Crippen LogP contribution in [0.4, 0.5) is 13.2 Å². The van der Waals surface area contributed by atoms with Crippen molar-refractivity contribution in [2.45, 2.75) is 129 Å². The van der Waals surface area contributed by atoms with Gasteiger partial charge in [0.25, 0.3) is 0 Å². The Morgan fingerprint density at radius 1 is 0.568 bits per heavy atom. The second-order valence-corrected chi connectivity index (χ2v) is 13.9. The summed E-state index contributed by atoms with van der Waals surface area (Å²) in [7, 11) is 0. The Morgan fingerprint density at radius 2 is 1.16 bits per heavy atom. The summed E-state index contributed by atoms with van der Waals surface area (Å²) < 4.78 is 44.9. The molecule has 0 spiro atoms. The molecule has 0 bridgehead atoms. The zero-order valence-electron chi connectivity index (χ0n) is 27.2. The standard InChI is InChI=1S/C41H53F3/c1-3-5-7-8-9-10-29-12-14-30(15-13-29)31-16-18-32(19-17-31)36-25-26-37(39(42)28-36)33-20-22-34(23-21-33)38-27-24-35(11-6-4-2)40(43)41(38)44/h20-32H,3-19H2,1-2H3. The third-order valence-electron chi connectivity index (χ3n) is 11.0. The molecule has 2 aliphatic carbocycles. The smallest absolute Gasteiger partial charge is 0.166 e. The van der Waals surface area contributed by atoms with Gasteiger partial charge < -0.3 is 0 Å². The monoisotopic (exact) mass is 602 g/mol. The Labute approximate surface area is 264 Å². The lowest BCUT2D eigenvalue weighted by atomic mass is 9.68. The molecule has 44 heavy (non-hydrogen) atoms. The first-order valence-electron chi connectivity index (χ1n) is 17.9. The number of aryl methyl sites for hydroxylation is 1. The molecule has 5 rings (SSSR count). The quantitative estimate of drug-likeness (QED) is 0.171. The first kappa shape index (κ1) is 32.8. The van der Waals surface area contributed by atoms with Crippen LogP contribution in [-0.2, 0) is 6.42 Å². The van der Waals surface area contributed by atoms with Gasteiger partial charge in [-0.05, 0) is 103 Å². The molecule has 2 aliphatic rings. The zero-order valence-corrected chi connectivity index (χ0v) is 27.2. The average Bonchev–Trinajstić information content (AvgIpc) is 3.06. The number of halogens is 3. The number of hydrogen-bond acceptors (Lipinski definition) is 0. The predicted octanol–water partition coefficient (Wildman–Crippen LogP) is 13.2. The highest BCUT2D eigenvalue weighted by atomic mass is 19.2. The van der Waals surface area contributed by atoms with E-state index in [9.17, 15) is 8.78 Å². The SMILES string of the molecule is CCCCCCCC1CCC(C2CCC(c3ccc(-c4ccc(-c5ccc(CCCC)c(F)c5F)cc4)c(F)c3)CC2)CC1. The van der Waals surface area contributed by atoms with Crippen LogP contribution in [0.2, 0.25) is 0 Å². The van der Waals surface area contributed by atoms with Crippen LogP contribution in [0, 0.1) is 35.2 Å². The lowest BCUT2D eigenvalue weighted by Crippen LogP contribution is -2.25. The van der Waals surface area contributed by atoms with Gasteiger partial charge in [0.1, 0.15) is 5.82 Å². The van der Waals surface area contributed by atoms with Crippen molar-refractivity contribution in [2.75, 3.05) is 0 Å². The van der Waals surface area contributed by atoms with Crippen molar-refractivity contribution in [2.24, 2.45) is 17.8 Å². The van der Waals surface area contributed by atoms with Crippen molar-refractivity contribution in [3.63, 3.8) is 0 Å². The highest BCUT2D eigenvalue weighted by Gasteiger charge is 2.31. The molecule has 2 fully saturated rings. The molecule has 238 valence electrons. The van der Waals surface area contributed by atoms with Crippen LogP contribution in [0.5, 0.6) is 0 Å². The summed E-state index contributed by atoms with van der Waals surface area (Å²) in [6.07, 6.45) is 21.3. The number of rotatable bonds is 13. The van der Waals surface area contributed by atoms with Crippen molar-refractivity contribution >= 4 is 0 Å². The summed E-state index contributed by atoms with van der Waals surface area (Å²) in [5, 5.41) is 0. The molecule has 0 heterocycles. The van der Waals surface area contributed by atoms with E-state index in [1.54, 1.807) is 30.3 Å². The summed E-state index contributed by atoms with van der Waals surface area (Å²) >= 11 is 0. The molecule has 0 atom stereocenters. The largest absolute Gasteiger partial charge is 0.206 e. The van der Waals surface area contributed by atoms with E-state index in [1.807, 2.05) is 25.1 Å². The fraction of sp³-hybridized carbons (Fsp3) is 0.561. The van der Waals surface area contributed by atoms with Gasteiger partial charge in [-0.15, -0.1) is 0 Å². The summed E-state index contributed by atoms with van der Waals surface area (Å²) in [5.41, 5.74) is 3.68. The van der Waals surface area contributed by atoms with Crippen LogP contribution >= 0.6 is 0 Å². The van der Waals surface area contributed by atoms with Crippen molar-refractivity contribution < 1.29 is 13.2 Å². The Balaban J connectivity index is 1.13. The molecule has 0 N–H and O–H groups in total. The summed E-state index contributed by atoms with van der Waals surface area (Å²) in [4.78, 5) is 0. The summed E-state index contributed by atoms with van der Waals surface area (Å²) in [6, 6.07) is 16.2. The van der Waals surface area contributed by atoms with Gasteiger partial charge >= 0.3 is 0 Å². The highest BCUT2D eigenvalue weighted by Crippen LogP contribution is 2.45. The molecular weight excluding hydrogens is 549 g/mol. The zero-order chi connectivity index (χ0) is 30.9. The van der Waals surface area contributed by atoms with E-state index in [0.29, 0.717) is 29.0 Å². The van der Waals surface area contributed by atoms with E-state index in [1.165, 1.54) is 77.0 Å². The van der Waals surface area contributed by atoms with E-state index >= 15 is 4.39 Å². The predicted molar refractivity (Wildman–Crippen MR) is 179 cm³/mol. The minimum Gasteiger partial charge on any atom is -0.206 e. The first-order valence-corrected chi connectivity index (χ1v) is 17.9. The number of unbranched alkanes of at least 4 members (excludes halogenated alkanes) is 5. The lowest BCUT2D eigenvalue weighted by molar-refractivity contribution is 0.155. The van der Waals surface area contributed by atoms with E-state index in [-0.39, 0.29) is 11.4 Å². The number of hydrogen-bond donors (Lipinski definition) is 0. The Bertz CT molecular complexity index is 1310. The van der Waals surface area contributed by atoms with Crippen molar-refractivity contribution in [1.29, 1.82) is 0 Å². The third kappa shape index (κ3) is 8.18. The van der Waals surface area contributed by atoms with Crippen LogP contribution < -0.4 is 0 Å². The van der Waals surface area contributed by atoms with Gasteiger partial charge in [-0.3, -0.25) is 0 Å². The maximum atomic E-state index is 15.4. The molecular formula is C41H53F3. The van der Waals surface area contributed by atoms with Crippen molar-refractivity contribution in [3.05, 3.63) is 83.2 Å². The van der Waals surface area contributed by atoms with Crippen LogP contribution in [0.3, 0.4) is 0 Å². The van der Waals surface area contributed by atoms with Gasteiger partial charge in [-0.1, -0.05) is 120 Å². The molecule has 3 aromatic rings. The third-order valence-corrected chi connectivity index (χ3v) is 11.0. The molecule has 3 heteroatoms. The van der Waals surface area contributed by atoms with Crippen molar-refractivity contribution in [3.8, 4) is 22.3 Å². The average molecular weight is 603 g/mol. The van der Waals surface area contributed by atoms with Crippen molar-refractivity contribution in [1.82, 2.24) is 0 Å². The van der Waals surface area contributed by atoms with Gasteiger partial charge in [0.15, 0.2) is 11.6 Å². The van der Waals surface area contributed by atoms with E-state index in [4.69, 9.17) is 0 Å². The molecule has 0 aliphatic heterocycles. The van der Waals surface area contributed by atoms with Gasteiger partial charge in [-0.25, -0.2) is 13.2 Å². The molecule has 0 radical (unpaired) electrons. The second kappa shape index (κ2) is 16.1.